The number of thiazole rings is 1. The van der Waals surface area contributed by atoms with E-state index in [9.17, 15) is 9.18 Å². The van der Waals surface area contributed by atoms with Crippen molar-refractivity contribution in [3.8, 4) is 22.8 Å². The maximum atomic E-state index is 13.2. The molecule has 1 amide bonds. The highest BCUT2D eigenvalue weighted by atomic mass is 32.1. The van der Waals surface area contributed by atoms with Gasteiger partial charge in [0.2, 0.25) is 0 Å². The van der Waals surface area contributed by atoms with Gasteiger partial charge in [-0.2, -0.15) is 0 Å². The van der Waals surface area contributed by atoms with Gasteiger partial charge in [0.15, 0.2) is 16.6 Å². The summed E-state index contributed by atoms with van der Waals surface area (Å²) < 4.78 is 29.7. The topological polar surface area (TPSA) is 86.5 Å². The number of benzene rings is 2. The summed E-state index contributed by atoms with van der Waals surface area (Å²) in [5, 5.41) is 7.19. The molecule has 9 heteroatoms. The van der Waals surface area contributed by atoms with Crippen molar-refractivity contribution < 1.29 is 23.2 Å². The average molecular weight is 468 g/mol. The lowest BCUT2D eigenvalue weighted by Gasteiger charge is -2.12. The Kier molecular flexibility index (Phi) is 6.41. The lowest BCUT2D eigenvalue weighted by atomic mass is 10.1. The Labute approximate surface area is 194 Å². The molecule has 2 aromatic carbocycles. The number of hydrogen-bond donors (Lipinski definition) is 1. The lowest BCUT2D eigenvalue weighted by Crippen LogP contribution is -2.12. The second-order valence-corrected chi connectivity index (χ2v) is 8.55. The van der Waals surface area contributed by atoms with E-state index in [0.29, 0.717) is 33.6 Å². The fourth-order valence-corrected chi connectivity index (χ4v) is 4.11. The van der Waals surface area contributed by atoms with Crippen molar-refractivity contribution in [3.05, 3.63) is 75.7 Å². The molecule has 7 nitrogen and oxygen atoms in total. The fourth-order valence-electron chi connectivity index (χ4n) is 3.28. The number of anilines is 1. The SMILES string of the molecule is COc1cc(C(=O)Nc2nc(-c3ccc(F)cc3)c(C)s2)ccc1OCc1c(C)noc1C. The molecule has 1 N–H and O–H groups in total. The molecule has 0 aliphatic carbocycles. The zero-order valence-corrected chi connectivity index (χ0v) is 19.4. The Balaban J connectivity index is 1.48. The normalized spacial score (nSPS) is 10.8. The first-order chi connectivity index (χ1) is 15.9. The third kappa shape index (κ3) is 4.88. The molecule has 0 spiro atoms. The Morgan fingerprint density at radius 3 is 2.55 bits per heavy atom. The van der Waals surface area contributed by atoms with Crippen LogP contribution in [0.3, 0.4) is 0 Å². The third-order valence-electron chi connectivity index (χ3n) is 5.11. The molecule has 0 aliphatic heterocycles. The molecule has 0 bridgehead atoms. The average Bonchev–Trinajstić information content (AvgIpc) is 3.33. The molecule has 4 aromatic rings. The largest absolute Gasteiger partial charge is 0.493 e. The molecule has 0 unspecified atom stereocenters. The second-order valence-electron chi connectivity index (χ2n) is 7.34. The summed E-state index contributed by atoms with van der Waals surface area (Å²) in [4.78, 5) is 18.2. The monoisotopic (exact) mass is 467 g/mol. The van der Waals surface area contributed by atoms with Crippen LogP contribution in [0.1, 0.15) is 32.3 Å². The van der Waals surface area contributed by atoms with E-state index in [1.54, 1.807) is 30.3 Å². The molecule has 2 aromatic heterocycles. The molecular formula is C24H22FN3O4S. The maximum Gasteiger partial charge on any atom is 0.257 e. The van der Waals surface area contributed by atoms with E-state index in [-0.39, 0.29) is 18.3 Å². The number of ether oxygens (including phenoxy) is 2. The Bertz CT molecular complexity index is 1280. The van der Waals surface area contributed by atoms with Gasteiger partial charge in [0, 0.05) is 16.0 Å². The number of rotatable bonds is 7. The van der Waals surface area contributed by atoms with E-state index in [1.807, 2.05) is 20.8 Å². The van der Waals surface area contributed by atoms with Gasteiger partial charge in [-0.15, -0.1) is 11.3 Å². The maximum absolute atomic E-state index is 13.2. The number of halogens is 1. The van der Waals surface area contributed by atoms with Crippen LogP contribution in [0.4, 0.5) is 9.52 Å². The predicted molar refractivity (Wildman–Crippen MR) is 124 cm³/mol. The third-order valence-corrected chi connectivity index (χ3v) is 6.00. The summed E-state index contributed by atoms with van der Waals surface area (Å²) in [6.45, 7) is 5.85. The summed E-state index contributed by atoms with van der Waals surface area (Å²) in [5.74, 6) is 0.980. The van der Waals surface area contributed by atoms with E-state index < -0.39 is 0 Å². The van der Waals surface area contributed by atoms with Gasteiger partial charge in [0.05, 0.1) is 24.1 Å². The van der Waals surface area contributed by atoms with E-state index in [0.717, 1.165) is 21.7 Å². The zero-order valence-electron chi connectivity index (χ0n) is 18.6. The van der Waals surface area contributed by atoms with Crippen molar-refractivity contribution in [3.63, 3.8) is 0 Å². The molecule has 0 saturated carbocycles. The Hall–Kier alpha value is -3.72. The summed E-state index contributed by atoms with van der Waals surface area (Å²) in [7, 11) is 1.51. The van der Waals surface area contributed by atoms with E-state index in [1.165, 1.54) is 30.6 Å². The minimum absolute atomic E-state index is 0.271. The standard InChI is InChI=1S/C24H22FN3O4S/c1-13-19(14(2)32-28-13)12-31-20-10-7-17(11-21(20)30-4)23(29)27-24-26-22(15(3)33-24)16-5-8-18(25)9-6-16/h5-11H,12H2,1-4H3,(H,26,27,29). The number of hydrogen-bond acceptors (Lipinski definition) is 7. The predicted octanol–water partition coefficient (Wildman–Crippen LogP) is 5.70. The highest BCUT2D eigenvalue weighted by Gasteiger charge is 2.16. The van der Waals surface area contributed by atoms with Crippen LogP contribution in [0, 0.1) is 26.6 Å². The summed E-state index contributed by atoms with van der Waals surface area (Å²) in [5.41, 5.74) is 3.52. The number of aryl methyl sites for hydroxylation is 3. The van der Waals surface area contributed by atoms with E-state index >= 15 is 0 Å². The first-order valence-electron chi connectivity index (χ1n) is 10.1. The summed E-state index contributed by atoms with van der Waals surface area (Å²) in [6, 6.07) is 11.0. The number of aromatic nitrogens is 2. The van der Waals surface area contributed by atoms with Gasteiger partial charge in [-0.25, -0.2) is 9.37 Å². The molecule has 4 rings (SSSR count). The Morgan fingerprint density at radius 1 is 1.12 bits per heavy atom. The van der Waals surface area contributed by atoms with Crippen molar-refractivity contribution in [2.45, 2.75) is 27.4 Å². The first-order valence-corrected chi connectivity index (χ1v) is 10.9. The minimum atomic E-state index is -0.329. The van der Waals surface area contributed by atoms with Gasteiger partial charge in [-0.05, 0) is 63.2 Å². The number of nitrogens with zero attached hydrogens (tertiary/aromatic N) is 2. The van der Waals surface area contributed by atoms with Crippen LogP contribution in [0.15, 0.2) is 47.0 Å². The molecule has 2 heterocycles. The van der Waals surface area contributed by atoms with Crippen molar-refractivity contribution in [2.75, 3.05) is 12.4 Å². The fraction of sp³-hybridized carbons (Fsp3) is 0.208. The Morgan fingerprint density at radius 2 is 1.88 bits per heavy atom. The number of nitrogens with one attached hydrogen (secondary N) is 1. The van der Waals surface area contributed by atoms with Gasteiger partial charge >= 0.3 is 0 Å². The van der Waals surface area contributed by atoms with Crippen molar-refractivity contribution in [1.82, 2.24) is 10.1 Å². The van der Waals surface area contributed by atoms with Gasteiger partial charge in [0.1, 0.15) is 18.2 Å². The molecule has 170 valence electrons. The lowest BCUT2D eigenvalue weighted by molar-refractivity contribution is 0.102. The van der Waals surface area contributed by atoms with E-state index in [4.69, 9.17) is 14.0 Å². The highest BCUT2D eigenvalue weighted by molar-refractivity contribution is 7.16. The first kappa shape index (κ1) is 22.5. The molecule has 0 atom stereocenters. The van der Waals surface area contributed by atoms with Crippen molar-refractivity contribution >= 4 is 22.4 Å². The van der Waals surface area contributed by atoms with Crippen LogP contribution in [0.25, 0.3) is 11.3 Å². The number of carbonyl (C=O) groups excluding carboxylic acids is 1. The summed E-state index contributed by atoms with van der Waals surface area (Å²) >= 11 is 1.35. The van der Waals surface area contributed by atoms with Gasteiger partial charge in [0.25, 0.3) is 5.91 Å². The van der Waals surface area contributed by atoms with Crippen molar-refractivity contribution in [1.29, 1.82) is 0 Å². The quantitative estimate of drug-likeness (QED) is 0.375. The molecule has 0 radical (unpaired) electrons. The zero-order chi connectivity index (χ0) is 23.5. The number of amides is 1. The smallest absolute Gasteiger partial charge is 0.257 e. The van der Waals surface area contributed by atoms with Crippen molar-refractivity contribution in [2.24, 2.45) is 0 Å². The molecule has 0 saturated heterocycles. The van der Waals surface area contributed by atoms with Gasteiger partial charge in [-0.1, -0.05) is 5.16 Å². The molecule has 33 heavy (non-hydrogen) atoms. The van der Waals surface area contributed by atoms with Crippen LogP contribution in [-0.2, 0) is 6.61 Å². The van der Waals surface area contributed by atoms with E-state index in [2.05, 4.69) is 15.5 Å². The minimum Gasteiger partial charge on any atom is -0.493 e. The van der Waals surface area contributed by atoms with Crippen LogP contribution in [0.2, 0.25) is 0 Å². The second kappa shape index (κ2) is 9.41. The van der Waals surface area contributed by atoms with Crippen LogP contribution < -0.4 is 14.8 Å². The van der Waals surface area contributed by atoms with Gasteiger partial charge in [-0.3, -0.25) is 10.1 Å². The molecular weight excluding hydrogens is 445 g/mol. The van der Waals surface area contributed by atoms with Crippen LogP contribution in [-0.4, -0.2) is 23.2 Å². The molecule has 0 aliphatic rings. The molecule has 0 fully saturated rings. The number of methoxy groups -OCH3 is 1. The van der Waals surface area contributed by atoms with Crippen LogP contribution >= 0.6 is 11.3 Å². The van der Waals surface area contributed by atoms with Gasteiger partial charge < -0.3 is 14.0 Å². The number of carbonyl (C=O) groups is 1. The highest BCUT2D eigenvalue weighted by Crippen LogP contribution is 2.32. The van der Waals surface area contributed by atoms with Crippen LogP contribution in [0.5, 0.6) is 11.5 Å². The summed E-state index contributed by atoms with van der Waals surface area (Å²) in [6.07, 6.45) is 0.